The minimum Gasteiger partial charge on any atom is -0.481 e. The molecular weight excluding hydrogens is 604 g/mol. The molecule has 0 aromatic rings. The van der Waals surface area contributed by atoms with Gasteiger partial charge in [0.2, 0.25) is 35.4 Å². The van der Waals surface area contributed by atoms with E-state index in [0.717, 1.165) is 0 Å². The van der Waals surface area contributed by atoms with Gasteiger partial charge in [0.1, 0.15) is 24.2 Å². The zero-order chi connectivity index (χ0) is 34.7. The molecule has 20 heteroatoms. The summed E-state index contributed by atoms with van der Waals surface area (Å²) in [5.41, 5.74) is 11.0. The topological polar surface area (TPSA) is 339 Å². The van der Waals surface area contributed by atoms with Crippen molar-refractivity contribution in [1.82, 2.24) is 31.9 Å². The summed E-state index contributed by atoms with van der Waals surface area (Å²) in [5, 5.41) is 40.2. The van der Waals surface area contributed by atoms with Crippen molar-refractivity contribution in [3.63, 3.8) is 0 Å². The van der Waals surface area contributed by atoms with Crippen LogP contribution in [-0.4, -0.2) is 119 Å². The molecule has 0 aliphatic carbocycles. The zero-order valence-corrected chi connectivity index (χ0v) is 24.9. The van der Waals surface area contributed by atoms with Gasteiger partial charge in [-0.1, -0.05) is 0 Å². The summed E-state index contributed by atoms with van der Waals surface area (Å²) < 4.78 is 0. The number of nitrogens with two attached hydrogens (primary N) is 2. The Bertz CT molecular complexity index is 1100. The molecule has 20 nitrogen and oxygen atoms in total. The van der Waals surface area contributed by atoms with Crippen molar-refractivity contribution in [3.8, 4) is 0 Å². The van der Waals surface area contributed by atoms with Crippen LogP contribution in [0.5, 0.6) is 0 Å². The Kier molecular flexibility index (Phi) is 18.7. The number of carboxylic acid groups (broad SMARTS) is 3. The van der Waals surface area contributed by atoms with Crippen molar-refractivity contribution in [2.24, 2.45) is 11.5 Å². The first-order chi connectivity index (χ1) is 21.0. The average Bonchev–Trinajstić information content (AvgIpc) is 2.95. The molecule has 0 aliphatic heterocycles. The first-order valence-corrected chi connectivity index (χ1v) is 13.8. The van der Waals surface area contributed by atoms with Crippen LogP contribution < -0.4 is 43.4 Å². The molecule has 0 fully saturated rings. The van der Waals surface area contributed by atoms with Gasteiger partial charge >= 0.3 is 17.9 Å². The van der Waals surface area contributed by atoms with E-state index in [2.05, 4.69) is 31.9 Å². The monoisotopic (exact) mass is 646 g/mol. The summed E-state index contributed by atoms with van der Waals surface area (Å²) >= 11 is 0. The quantitative estimate of drug-likeness (QED) is 0.0491. The molecule has 254 valence electrons. The maximum Gasteiger partial charge on any atom is 0.325 e. The molecule has 0 aliphatic rings. The standard InChI is InChI=1S/C25H42N8O12/c1-12(21(40)29-10-17(34)28-11-18(35)30-13(2)25(44)45)31-23(42)15(5-3-4-8-26)33-24(43)16(6-7-19(36)37)32-22(41)14(27)9-20(38)39/h12-16H,3-11,26-27H2,1-2H3,(H,28,34)(H,29,40)(H,30,35)(H,31,42)(H,32,41)(H,33,43)(H,36,37)(H,38,39)(H,44,45)/t12-,13-,14-,15-,16-/m0/s1. The number of unbranched alkanes of at least 4 members (excludes halogenated alkanes) is 1. The number of hydrogen-bond donors (Lipinski definition) is 11. The Morgan fingerprint density at radius 2 is 1.18 bits per heavy atom. The lowest BCUT2D eigenvalue weighted by atomic mass is 10.1. The lowest BCUT2D eigenvalue weighted by molar-refractivity contribution is -0.141. The molecule has 13 N–H and O–H groups in total. The van der Waals surface area contributed by atoms with Crippen molar-refractivity contribution >= 4 is 53.4 Å². The Labute approximate surface area is 257 Å². The summed E-state index contributed by atoms with van der Waals surface area (Å²) in [5.74, 6) is -9.15. The highest BCUT2D eigenvalue weighted by Crippen LogP contribution is 2.06. The lowest BCUT2D eigenvalue weighted by Gasteiger charge is -2.25. The molecule has 0 radical (unpaired) electrons. The largest absolute Gasteiger partial charge is 0.481 e. The minimum absolute atomic E-state index is 0.0339. The van der Waals surface area contributed by atoms with Crippen molar-refractivity contribution in [3.05, 3.63) is 0 Å². The van der Waals surface area contributed by atoms with E-state index < -0.39 is 116 Å². The summed E-state index contributed by atoms with van der Waals surface area (Å²) in [6.45, 7) is 1.63. The highest BCUT2D eigenvalue weighted by molar-refractivity contribution is 5.96. The fourth-order valence-electron chi connectivity index (χ4n) is 3.43. The number of nitrogens with one attached hydrogen (secondary N) is 6. The van der Waals surface area contributed by atoms with E-state index in [1.54, 1.807) is 0 Å². The number of carbonyl (C=O) groups is 9. The third-order valence-corrected chi connectivity index (χ3v) is 5.96. The first kappa shape index (κ1) is 40.1. The molecule has 0 unspecified atom stereocenters. The Morgan fingerprint density at radius 1 is 0.622 bits per heavy atom. The van der Waals surface area contributed by atoms with Crippen molar-refractivity contribution in [2.45, 2.75) is 82.6 Å². The molecule has 0 spiro atoms. The van der Waals surface area contributed by atoms with Crippen LogP contribution in [0, 0.1) is 0 Å². The van der Waals surface area contributed by atoms with E-state index in [-0.39, 0.29) is 13.0 Å². The normalized spacial score (nSPS) is 13.9. The fraction of sp³-hybridized carbons (Fsp3) is 0.640. The van der Waals surface area contributed by atoms with Crippen LogP contribution in [0.4, 0.5) is 0 Å². The van der Waals surface area contributed by atoms with Crippen LogP contribution in [0.25, 0.3) is 0 Å². The maximum atomic E-state index is 13.0. The van der Waals surface area contributed by atoms with Crippen LogP contribution in [0.15, 0.2) is 0 Å². The number of hydrogen-bond acceptors (Lipinski definition) is 11. The van der Waals surface area contributed by atoms with Crippen LogP contribution in [-0.2, 0) is 43.2 Å². The van der Waals surface area contributed by atoms with E-state index >= 15 is 0 Å². The van der Waals surface area contributed by atoms with Gasteiger partial charge in [0, 0.05) is 6.42 Å². The lowest BCUT2D eigenvalue weighted by Crippen LogP contribution is -2.57. The molecule has 0 saturated carbocycles. The van der Waals surface area contributed by atoms with Gasteiger partial charge in [-0.2, -0.15) is 0 Å². The SMILES string of the molecule is C[C@H](NC(=O)CNC(=O)CNC(=O)[C@H](C)NC(=O)[C@H](CCCCN)NC(=O)[C@H](CCC(=O)O)NC(=O)[C@@H](N)CC(=O)O)C(=O)O. The number of rotatable bonds is 22. The van der Waals surface area contributed by atoms with E-state index in [9.17, 15) is 43.2 Å². The van der Waals surface area contributed by atoms with Crippen LogP contribution in [0.1, 0.15) is 52.4 Å². The Hall–Kier alpha value is -4.85. The molecule has 5 atom stereocenters. The van der Waals surface area contributed by atoms with E-state index in [0.29, 0.717) is 12.8 Å². The molecule has 0 aromatic heterocycles. The van der Waals surface area contributed by atoms with Gasteiger partial charge in [-0.25, -0.2) is 0 Å². The smallest absolute Gasteiger partial charge is 0.325 e. The third-order valence-electron chi connectivity index (χ3n) is 5.96. The minimum atomic E-state index is -1.54. The Morgan fingerprint density at radius 3 is 1.73 bits per heavy atom. The average molecular weight is 647 g/mol. The molecule has 6 amide bonds. The second-order valence-corrected chi connectivity index (χ2v) is 9.90. The third kappa shape index (κ3) is 17.8. The number of carbonyl (C=O) groups excluding carboxylic acids is 6. The molecule has 45 heavy (non-hydrogen) atoms. The highest BCUT2D eigenvalue weighted by Gasteiger charge is 2.30. The van der Waals surface area contributed by atoms with Gasteiger partial charge in [0.15, 0.2) is 0 Å². The number of carboxylic acids is 3. The van der Waals surface area contributed by atoms with Crippen molar-refractivity contribution < 1.29 is 58.5 Å². The van der Waals surface area contributed by atoms with Crippen molar-refractivity contribution in [1.29, 1.82) is 0 Å². The molecule has 0 saturated heterocycles. The molecule has 0 rings (SSSR count). The van der Waals surface area contributed by atoms with Crippen LogP contribution in [0.3, 0.4) is 0 Å². The molecular formula is C25H42N8O12. The Balaban J connectivity index is 5.30. The van der Waals surface area contributed by atoms with Gasteiger partial charge in [0.05, 0.1) is 25.6 Å². The van der Waals surface area contributed by atoms with Gasteiger partial charge < -0.3 is 58.7 Å². The predicted octanol–water partition coefficient (Wildman–Crippen LogP) is -4.92. The van der Waals surface area contributed by atoms with Crippen molar-refractivity contribution in [2.75, 3.05) is 19.6 Å². The van der Waals surface area contributed by atoms with Gasteiger partial charge in [-0.05, 0) is 46.1 Å². The fourth-order valence-corrected chi connectivity index (χ4v) is 3.43. The second kappa shape index (κ2) is 21.0. The van der Waals surface area contributed by atoms with E-state index in [1.807, 2.05) is 0 Å². The number of amides is 6. The summed E-state index contributed by atoms with van der Waals surface area (Å²) in [4.78, 5) is 107. The summed E-state index contributed by atoms with van der Waals surface area (Å²) in [6.07, 6.45) is -0.887. The van der Waals surface area contributed by atoms with Gasteiger partial charge in [-0.3, -0.25) is 43.2 Å². The second-order valence-electron chi connectivity index (χ2n) is 9.90. The van der Waals surface area contributed by atoms with Gasteiger partial charge in [0.25, 0.3) is 0 Å². The van der Waals surface area contributed by atoms with E-state index in [4.69, 9.17) is 26.8 Å². The molecule has 0 aromatic carbocycles. The molecule has 0 heterocycles. The van der Waals surface area contributed by atoms with Gasteiger partial charge in [-0.15, -0.1) is 0 Å². The summed E-state index contributed by atoms with van der Waals surface area (Å²) in [7, 11) is 0. The highest BCUT2D eigenvalue weighted by atomic mass is 16.4. The predicted molar refractivity (Wildman–Crippen MR) is 153 cm³/mol. The van der Waals surface area contributed by atoms with Crippen LogP contribution in [0.2, 0.25) is 0 Å². The van der Waals surface area contributed by atoms with Crippen LogP contribution >= 0.6 is 0 Å². The molecule has 0 bridgehead atoms. The zero-order valence-electron chi connectivity index (χ0n) is 24.9. The van der Waals surface area contributed by atoms with E-state index in [1.165, 1.54) is 13.8 Å². The number of aliphatic carboxylic acids is 3. The first-order valence-electron chi connectivity index (χ1n) is 13.8. The summed E-state index contributed by atoms with van der Waals surface area (Å²) in [6, 6.07) is -6.71. The maximum absolute atomic E-state index is 13.0.